The molecule has 2 N–H and O–H groups in total. The third kappa shape index (κ3) is 8.08. The number of carbonyl (C=O) groups is 2. The van der Waals surface area contributed by atoms with E-state index in [1.807, 2.05) is 18.2 Å². The number of amides is 2. The van der Waals surface area contributed by atoms with Gasteiger partial charge in [0.05, 0.1) is 23.6 Å². The van der Waals surface area contributed by atoms with E-state index in [1.165, 1.54) is 42.0 Å². The summed E-state index contributed by atoms with van der Waals surface area (Å²) in [4.78, 5) is 31.8. The first-order valence-corrected chi connectivity index (χ1v) is 16.4. The summed E-state index contributed by atoms with van der Waals surface area (Å²) in [5.74, 6) is -0.971. The van der Waals surface area contributed by atoms with Crippen LogP contribution in [0, 0.1) is 5.82 Å². The summed E-state index contributed by atoms with van der Waals surface area (Å²) in [6.45, 7) is 2.22. The second kappa shape index (κ2) is 15.2. The lowest BCUT2D eigenvalue weighted by Crippen LogP contribution is -2.30. The van der Waals surface area contributed by atoms with Crippen molar-refractivity contribution in [1.29, 1.82) is 0 Å². The predicted octanol–water partition coefficient (Wildman–Crippen LogP) is 5.61. The predicted molar refractivity (Wildman–Crippen MR) is 183 cm³/mol. The molecule has 5 rings (SSSR count). The molecule has 252 valence electrons. The lowest BCUT2D eigenvalue weighted by atomic mass is 10.00. The number of likely N-dealkylation sites (N-methyl/N-ethyl adjacent to an activating group) is 1. The van der Waals surface area contributed by atoms with Gasteiger partial charge in [-0.15, -0.1) is 17.5 Å². The van der Waals surface area contributed by atoms with Crippen molar-refractivity contribution in [3.05, 3.63) is 96.4 Å². The quantitative estimate of drug-likeness (QED) is 0.169. The summed E-state index contributed by atoms with van der Waals surface area (Å²) in [6, 6.07) is 20.8. The van der Waals surface area contributed by atoms with Crippen LogP contribution in [-0.2, 0) is 19.4 Å². The van der Waals surface area contributed by atoms with E-state index in [4.69, 9.17) is 9.47 Å². The maximum Gasteiger partial charge on any atom is 0.421 e. The number of carbonyl (C=O) groups excluding carboxylic acids is 2. The fourth-order valence-corrected chi connectivity index (χ4v) is 5.34. The van der Waals surface area contributed by atoms with Crippen molar-refractivity contribution in [2.24, 2.45) is 0 Å². The topological polar surface area (TPSA) is 144 Å². The number of methoxy groups -OCH3 is 1. The smallest absolute Gasteiger partial charge is 0.421 e. The number of ether oxygens (including phenoxy) is 2. The van der Waals surface area contributed by atoms with E-state index < -0.39 is 21.8 Å². The largest absolute Gasteiger partial charge is 0.495 e. The summed E-state index contributed by atoms with van der Waals surface area (Å²) in [6.07, 6.45) is 2.03. The molecule has 3 aromatic carbocycles. The van der Waals surface area contributed by atoms with Crippen molar-refractivity contribution in [2.45, 2.75) is 17.7 Å². The number of aromatic nitrogens is 3. The minimum absolute atomic E-state index is 0. The van der Waals surface area contributed by atoms with Crippen LogP contribution in [0.25, 0.3) is 16.8 Å². The monoisotopic (exact) mass is 696 g/mol. The van der Waals surface area contributed by atoms with Gasteiger partial charge < -0.3 is 20.1 Å². The Balaban J connectivity index is 0.00000520. The Morgan fingerprint density at radius 1 is 1.00 bits per heavy atom. The molecule has 0 fully saturated rings. The number of sulfone groups is 1. The molecule has 0 aliphatic carbocycles. The molecule has 15 heteroatoms. The van der Waals surface area contributed by atoms with Crippen LogP contribution in [0.5, 0.6) is 5.75 Å². The molecule has 1 atom stereocenters. The highest BCUT2D eigenvalue weighted by Crippen LogP contribution is 2.35. The van der Waals surface area contributed by atoms with Crippen molar-refractivity contribution in [3.8, 4) is 16.9 Å². The van der Waals surface area contributed by atoms with E-state index in [0.717, 1.165) is 22.3 Å². The summed E-state index contributed by atoms with van der Waals surface area (Å²) in [5, 5.41) is 10.3. The standard InChI is InChI=1S/C33H33FN6O6S.ClH/c1-21(22-5-10-25(34)11-6-22)31(41)36-26-12-7-23(8-13-26)24-9-16-30-37-32(38-39(30)20-24)40(33(42)46-18-17-35-2)28-15-14-27(47(4,43)44)19-29(28)45-3;/h5-16,19-21,35H,17-18H2,1-4H3,(H,36,41);1H/t21-;/m1./s1. The van der Waals surface area contributed by atoms with Crippen LogP contribution < -0.4 is 20.3 Å². The Labute approximate surface area is 283 Å². The van der Waals surface area contributed by atoms with Gasteiger partial charge in [0, 0.05) is 36.3 Å². The second-order valence-electron chi connectivity index (χ2n) is 10.6. The van der Waals surface area contributed by atoms with Gasteiger partial charge in [-0.1, -0.05) is 24.3 Å². The number of hydrogen-bond acceptors (Lipinski definition) is 9. The van der Waals surface area contributed by atoms with Crippen molar-refractivity contribution in [1.82, 2.24) is 19.9 Å². The Morgan fingerprint density at radius 3 is 2.33 bits per heavy atom. The number of nitrogens with one attached hydrogen (secondary N) is 2. The third-order valence-electron chi connectivity index (χ3n) is 7.35. The first kappa shape index (κ1) is 35.8. The highest BCUT2D eigenvalue weighted by Gasteiger charge is 2.28. The molecule has 0 bridgehead atoms. The molecule has 0 aliphatic heterocycles. The lowest BCUT2D eigenvalue weighted by Gasteiger charge is -2.21. The van der Waals surface area contributed by atoms with Gasteiger partial charge in [-0.3, -0.25) is 4.79 Å². The number of nitrogens with zero attached hydrogens (tertiary/aromatic N) is 4. The van der Waals surface area contributed by atoms with Gasteiger partial charge in [-0.25, -0.2) is 27.0 Å². The average molecular weight is 697 g/mol. The van der Waals surface area contributed by atoms with Crippen LogP contribution in [0.4, 0.5) is 26.5 Å². The zero-order chi connectivity index (χ0) is 33.7. The van der Waals surface area contributed by atoms with Crippen LogP contribution in [-0.4, -0.2) is 68.6 Å². The maximum atomic E-state index is 13.3. The zero-order valence-corrected chi connectivity index (χ0v) is 28.1. The fraction of sp³-hybridized carbons (Fsp3) is 0.212. The van der Waals surface area contributed by atoms with Crippen LogP contribution in [0.3, 0.4) is 0 Å². The minimum atomic E-state index is -3.55. The first-order valence-electron chi connectivity index (χ1n) is 14.5. The van der Waals surface area contributed by atoms with Gasteiger partial charge in [0.1, 0.15) is 18.2 Å². The van der Waals surface area contributed by atoms with Crippen LogP contribution in [0.15, 0.2) is 90.0 Å². The Kier molecular flexibility index (Phi) is 11.4. The number of benzene rings is 3. The summed E-state index contributed by atoms with van der Waals surface area (Å²) in [5.41, 5.74) is 3.54. The van der Waals surface area contributed by atoms with E-state index in [9.17, 15) is 22.4 Å². The summed E-state index contributed by atoms with van der Waals surface area (Å²) < 4.78 is 50.0. The molecule has 2 aromatic heterocycles. The SMILES string of the molecule is CNCCOC(=O)N(c1nc2ccc(-c3ccc(NC(=O)[C@H](C)c4ccc(F)cc4)cc3)cn2n1)c1ccc(S(C)(=O)=O)cc1OC.Cl. The highest BCUT2D eigenvalue weighted by molar-refractivity contribution is 7.90. The van der Waals surface area contributed by atoms with E-state index >= 15 is 0 Å². The molecule has 0 spiro atoms. The van der Waals surface area contributed by atoms with Crippen LogP contribution >= 0.6 is 12.4 Å². The van der Waals surface area contributed by atoms with Crippen LogP contribution in [0.2, 0.25) is 0 Å². The lowest BCUT2D eigenvalue weighted by molar-refractivity contribution is -0.117. The molecule has 0 aliphatic rings. The molecular weight excluding hydrogens is 663 g/mol. The molecule has 12 nitrogen and oxygen atoms in total. The van der Waals surface area contributed by atoms with Gasteiger partial charge >= 0.3 is 6.09 Å². The number of hydrogen-bond donors (Lipinski definition) is 2. The van der Waals surface area contributed by atoms with Gasteiger partial charge in [0.25, 0.3) is 5.95 Å². The Hall–Kier alpha value is -5.05. The molecule has 0 saturated heterocycles. The Morgan fingerprint density at radius 2 is 1.69 bits per heavy atom. The zero-order valence-electron chi connectivity index (χ0n) is 26.5. The second-order valence-corrected chi connectivity index (χ2v) is 12.6. The summed E-state index contributed by atoms with van der Waals surface area (Å²) >= 11 is 0. The molecule has 0 unspecified atom stereocenters. The number of anilines is 3. The van der Waals surface area contributed by atoms with Gasteiger partial charge in [-0.05, 0) is 73.6 Å². The van der Waals surface area contributed by atoms with E-state index in [1.54, 1.807) is 50.5 Å². The first-order chi connectivity index (χ1) is 22.5. The van der Waals surface area contributed by atoms with Gasteiger partial charge in [0.2, 0.25) is 5.91 Å². The Bertz CT molecular complexity index is 2020. The average Bonchev–Trinajstić information content (AvgIpc) is 3.48. The van der Waals surface area contributed by atoms with Gasteiger partial charge in [0.15, 0.2) is 15.5 Å². The number of pyridine rings is 1. The van der Waals surface area contributed by atoms with Gasteiger partial charge in [-0.2, -0.15) is 4.98 Å². The van der Waals surface area contributed by atoms with E-state index in [-0.39, 0.29) is 53.0 Å². The number of halogens is 2. The molecule has 48 heavy (non-hydrogen) atoms. The summed E-state index contributed by atoms with van der Waals surface area (Å²) in [7, 11) is -0.463. The molecule has 2 amide bonds. The molecule has 2 heterocycles. The van der Waals surface area contributed by atoms with Crippen molar-refractivity contribution in [2.75, 3.05) is 43.8 Å². The molecule has 0 saturated carbocycles. The maximum absolute atomic E-state index is 13.3. The molecule has 5 aromatic rings. The van der Waals surface area contributed by atoms with Crippen LogP contribution in [0.1, 0.15) is 18.4 Å². The fourth-order valence-electron chi connectivity index (χ4n) is 4.70. The normalized spacial score (nSPS) is 11.8. The molecule has 0 radical (unpaired) electrons. The van der Waals surface area contributed by atoms with E-state index in [2.05, 4.69) is 20.7 Å². The van der Waals surface area contributed by atoms with Crippen molar-refractivity contribution >= 4 is 57.2 Å². The van der Waals surface area contributed by atoms with Crippen molar-refractivity contribution < 1.29 is 31.9 Å². The molecular formula is C33H34ClFN6O6S. The highest BCUT2D eigenvalue weighted by atomic mass is 35.5. The third-order valence-corrected chi connectivity index (χ3v) is 8.46. The number of rotatable bonds is 11. The minimum Gasteiger partial charge on any atom is -0.495 e. The van der Waals surface area contributed by atoms with E-state index in [0.29, 0.717) is 23.4 Å². The van der Waals surface area contributed by atoms with Crippen molar-refractivity contribution in [3.63, 3.8) is 0 Å². The number of fused-ring (bicyclic) bond motifs is 1.